The second kappa shape index (κ2) is 4.23. The van der Waals surface area contributed by atoms with Crippen molar-refractivity contribution < 1.29 is 9.52 Å². The summed E-state index contributed by atoms with van der Waals surface area (Å²) in [5.41, 5.74) is 2.60. The number of aromatic nitrogens is 2. The first-order valence-corrected chi connectivity index (χ1v) is 5.69. The number of furan rings is 1. The SMILES string of the molecule is Cc1ccc2oc(C(O)c3ccnnc3)cc2c1. The van der Waals surface area contributed by atoms with Crippen LogP contribution in [0.5, 0.6) is 0 Å². The normalized spacial score (nSPS) is 12.8. The van der Waals surface area contributed by atoms with E-state index in [-0.39, 0.29) is 0 Å². The summed E-state index contributed by atoms with van der Waals surface area (Å²) in [6.07, 6.45) is 2.27. The second-order valence-electron chi connectivity index (χ2n) is 4.27. The van der Waals surface area contributed by atoms with Crippen LogP contribution < -0.4 is 0 Å². The molecular formula is C14H12N2O2. The van der Waals surface area contributed by atoms with Crippen molar-refractivity contribution >= 4 is 11.0 Å². The monoisotopic (exact) mass is 240 g/mol. The smallest absolute Gasteiger partial charge is 0.138 e. The highest BCUT2D eigenvalue weighted by atomic mass is 16.4. The number of nitrogens with zero attached hydrogens (tertiary/aromatic N) is 2. The van der Waals surface area contributed by atoms with Gasteiger partial charge in [-0.2, -0.15) is 10.2 Å². The number of rotatable bonds is 2. The first kappa shape index (κ1) is 10.9. The van der Waals surface area contributed by atoms with Crippen molar-refractivity contribution in [3.63, 3.8) is 0 Å². The summed E-state index contributed by atoms with van der Waals surface area (Å²) in [6.45, 7) is 2.02. The zero-order chi connectivity index (χ0) is 12.5. The van der Waals surface area contributed by atoms with Crippen LogP contribution in [0.2, 0.25) is 0 Å². The average Bonchev–Trinajstić information content (AvgIpc) is 2.81. The average molecular weight is 240 g/mol. The Kier molecular flexibility index (Phi) is 2.57. The summed E-state index contributed by atoms with van der Waals surface area (Å²) in [7, 11) is 0. The Bertz CT molecular complexity index is 677. The van der Waals surface area contributed by atoms with Gasteiger partial charge < -0.3 is 9.52 Å². The summed E-state index contributed by atoms with van der Waals surface area (Å²) in [5, 5.41) is 18.6. The molecule has 0 fully saturated rings. The Morgan fingerprint density at radius 2 is 2.06 bits per heavy atom. The van der Waals surface area contributed by atoms with Crippen molar-refractivity contribution in [3.05, 3.63) is 59.6 Å². The maximum absolute atomic E-state index is 10.2. The van der Waals surface area contributed by atoms with Gasteiger partial charge in [-0.3, -0.25) is 0 Å². The number of fused-ring (bicyclic) bond motifs is 1. The molecule has 1 N–H and O–H groups in total. The van der Waals surface area contributed by atoms with Crippen molar-refractivity contribution in [2.75, 3.05) is 0 Å². The Hall–Kier alpha value is -2.20. The molecule has 1 atom stereocenters. The highest BCUT2D eigenvalue weighted by molar-refractivity contribution is 5.78. The molecule has 4 heteroatoms. The van der Waals surface area contributed by atoms with Crippen LogP contribution in [0.4, 0.5) is 0 Å². The minimum absolute atomic E-state index is 0.517. The van der Waals surface area contributed by atoms with Crippen LogP contribution in [0.3, 0.4) is 0 Å². The predicted molar refractivity (Wildman–Crippen MR) is 67.0 cm³/mol. The highest BCUT2D eigenvalue weighted by Gasteiger charge is 2.15. The fourth-order valence-electron chi connectivity index (χ4n) is 1.95. The van der Waals surface area contributed by atoms with Crippen LogP contribution >= 0.6 is 0 Å². The maximum atomic E-state index is 10.2. The van der Waals surface area contributed by atoms with Crippen LogP contribution in [-0.4, -0.2) is 15.3 Å². The van der Waals surface area contributed by atoms with Gasteiger partial charge in [-0.25, -0.2) is 0 Å². The molecule has 1 unspecified atom stereocenters. The molecule has 0 saturated heterocycles. The van der Waals surface area contributed by atoms with E-state index in [9.17, 15) is 5.11 Å². The van der Waals surface area contributed by atoms with E-state index in [0.29, 0.717) is 11.3 Å². The van der Waals surface area contributed by atoms with E-state index in [1.165, 1.54) is 6.20 Å². The maximum Gasteiger partial charge on any atom is 0.138 e. The molecule has 0 amide bonds. The number of aliphatic hydroxyl groups excluding tert-OH is 1. The summed E-state index contributed by atoms with van der Waals surface area (Å²) >= 11 is 0. The van der Waals surface area contributed by atoms with Crippen LogP contribution in [0, 0.1) is 6.92 Å². The number of aliphatic hydroxyl groups is 1. The summed E-state index contributed by atoms with van der Waals surface area (Å²) in [6, 6.07) is 9.49. The van der Waals surface area contributed by atoms with E-state index in [1.807, 2.05) is 31.2 Å². The van der Waals surface area contributed by atoms with Gasteiger partial charge in [0.05, 0.1) is 6.20 Å². The Balaban J connectivity index is 2.04. The van der Waals surface area contributed by atoms with Crippen molar-refractivity contribution in [1.29, 1.82) is 0 Å². The lowest BCUT2D eigenvalue weighted by Gasteiger charge is -2.05. The molecule has 0 radical (unpaired) electrons. The zero-order valence-corrected chi connectivity index (χ0v) is 9.87. The third-order valence-electron chi connectivity index (χ3n) is 2.88. The molecule has 3 aromatic rings. The van der Waals surface area contributed by atoms with Gasteiger partial charge in [0.25, 0.3) is 0 Å². The van der Waals surface area contributed by atoms with E-state index >= 15 is 0 Å². The van der Waals surface area contributed by atoms with Crippen molar-refractivity contribution in [1.82, 2.24) is 10.2 Å². The molecule has 18 heavy (non-hydrogen) atoms. The van der Waals surface area contributed by atoms with Gasteiger partial charge in [0, 0.05) is 17.1 Å². The van der Waals surface area contributed by atoms with Gasteiger partial charge in [-0.05, 0) is 31.2 Å². The molecule has 0 aliphatic heterocycles. The molecule has 4 nitrogen and oxygen atoms in total. The first-order valence-electron chi connectivity index (χ1n) is 5.69. The lowest BCUT2D eigenvalue weighted by molar-refractivity contribution is 0.191. The number of benzene rings is 1. The minimum atomic E-state index is -0.812. The first-order chi connectivity index (χ1) is 8.74. The molecule has 0 spiro atoms. The summed E-state index contributed by atoms with van der Waals surface area (Å²) in [5.74, 6) is 0.517. The summed E-state index contributed by atoms with van der Waals surface area (Å²) in [4.78, 5) is 0. The lowest BCUT2D eigenvalue weighted by Crippen LogP contribution is -1.98. The molecule has 90 valence electrons. The highest BCUT2D eigenvalue weighted by Crippen LogP contribution is 2.28. The standard InChI is InChI=1S/C14H12N2O2/c1-9-2-3-12-11(6-9)7-13(18-12)14(17)10-4-5-15-16-8-10/h2-8,14,17H,1H3. The van der Waals surface area contributed by atoms with E-state index < -0.39 is 6.10 Å². The van der Waals surface area contributed by atoms with Crippen molar-refractivity contribution in [3.8, 4) is 0 Å². The Morgan fingerprint density at radius 1 is 1.17 bits per heavy atom. The second-order valence-corrected chi connectivity index (χ2v) is 4.27. The molecule has 0 aliphatic rings. The van der Waals surface area contributed by atoms with Gasteiger partial charge in [-0.15, -0.1) is 0 Å². The minimum Gasteiger partial charge on any atom is -0.458 e. The number of hydrogen-bond donors (Lipinski definition) is 1. The van der Waals surface area contributed by atoms with Crippen LogP contribution in [-0.2, 0) is 0 Å². The molecule has 0 bridgehead atoms. The van der Waals surface area contributed by atoms with Crippen LogP contribution in [0.1, 0.15) is 23.0 Å². The third kappa shape index (κ3) is 1.87. The van der Waals surface area contributed by atoms with Crippen molar-refractivity contribution in [2.24, 2.45) is 0 Å². The number of aryl methyl sites for hydroxylation is 1. The van der Waals surface area contributed by atoms with E-state index in [2.05, 4.69) is 10.2 Å². The van der Waals surface area contributed by atoms with Crippen LogP contribution in [0.15, 0.2) is 47.1 Å². The van der Waals surface area contributed by atoms with E-state index in [1.54, 1.807) is 12.3 Å². The van der Waals surface area contributed by atoms with Gasteiger partial charge in [0.2, 0.25) is 0 Å². The largest absolute Gasteiger partial charge is 0.458 e. The Labute approximate surface area is 104 Å². The zero-order valence-electron chi connectivity index (χ0n) is 9.87. The quantitative estimate of drug-likeness (QED) is 0.748. The fourth-order valence-corrected chi connectivity index (χ4v) is 1.95. The third-order valence-corrected chi connectivity index (χ3v) is 2.88. The van der Waals surface area contributed by atoms with Gasteiger partial charge in [-0.1, -0.05) is 11.6 Å². The predicted octanol–water partition coefficient (Wildman–Crippen LogP) is 2.61. The molecule has 2 aromatic heterocycles. The summed E-state index contributed by atoms with van der Waals surface area (Å²) < 4.78 is 5.64. The molecule has 0 aliphatic carbocycles. The molecule has 0 saturated carbocycles. The lowest BCUT2D eigenvalue weighted by atomic mass is 10.1. The molecular weight excluding hydrogens is 228 g/mol. The Morgan fingerprint density at radius 3 is 2.83 bits per heavy atom. The van der Waals surface area contributed by atoms with Gasteiger partial charge in [0.15, 0.2) is 0 Å². The van der Waals surface area contributed by atoms with Gasteiger partial charge >= 0.3 is 0 Å². The van der Waals surface area contributed by atoms with E-state index in [0.717, 1.165) is 16.5 Å². The molecule has 1 aromatic carbocycles. The van der Waals surface area contributed by atoms with Crippen LogP contribution in [0.25, 0.3) is 11.0 Å². The number of hydrogen-bond acceptors (Lipinski definition) is 4. The van der Waals surface area contributed by atoms with E-state index in [4.69, 9.17) is 4.42 Å². The van der Waals surface area contributed by atoms with Gasteiger partial charge in [0.1, 0.15) is 17.4 Å². The molecule has 2 heterocycles. The fraction of sp³-hybridized carbons (Fsp3) is 0.143. The van der Waals surface area contributed by atoms with Crippen molar-refractivity contribution in [2.45, 2.75) is 13.0 Å². The topological polar surface area (TPSA) is 59.2 Å². The molecule has 3 rings (SSSR count).